The van der Waals surface area contributed by atoms with Crippen LogP contribution < -0.4 is 16.6 Å². The van der Waals surface area contributed by atoms with E-state index in [-0.39, 0.29) is 24.0 Å². The van der Waals surface area contributed by atoms with E-state index in [4.69, 9.17) is 20.3 Å². The van der Waals surface area contributed by atoms with E-state index in [0.29, 0.717) is 42.5 Å². The topological polar surface area (TPSA) is 130 Å². The third-order valence-corrected chi connectivity index (χ3v) is 9.76. The summed E-state index contributed by atoms with van der Waals surface area (Å²) in [5, 5.41) is 15.0. The number of nitrogens with one attached hydrogen (secondary N) is 2. The normalized spacial score (nSPS) is 24.4. The molecule has 1 amide bonds. The molecule has 2 saturated heterocycles. The van der Waals surface area contributed by atoms with Crippen molar-refractivity contribution in [2.24, 2.45) is 11.7 Å². The number of carbonyl (C=O) groups is 1. The fourth-order valence-electron chi connectivity index (χ4n) is 6.95. The summed E-state index contributed by atoms with van der Waals surface area (Å²) in [4.78, 5) is 16.8. The molecule has 11 nitrogen and oxygen atoms in total. The largest absolute Gasteiger partial charge is 0.507 e. The number of nitrogens with two attached hydrogens (primary N) is 1. The van der Waals surface area contributed by atoms with Crippen LogP contribution in [0.25, 0.3) is 11.3 Å². The van der Waals surface area contributed by atoms with Gasteiger partial charge in [-0.25, -0.2) is 4.79 Å². The predicted molar refractivity (Wildman–Crippen MR) is 173 cm³/mol. The SMILES string of the molecule is C[C@H](C1CCN(C2CC(OC3CCN(C(=O)OC(C)(C)C)CC3)C2)CC1)n1cc(C2=C(N)NNC(c3ccccc3O)=C2)cn1. The molecule has 5 N–H and O–H groups in total. The highest BCUT2D eigenvalue weighted by Crippen LogP contribution is 2.36. The number of rotatable bonds is 7. The molecule has 2 aromatic rings. The Morgan fingerprint density at radius 1 is 1.04 bits per heavy atom. The molecule has 4 heterocycles. The molecule has 0 spiro atoms. The van der Waals surface area contributed by atoms with Crippen molar-refractivity contribution in [2.45, 2.75) is 96.1 Å². The fraction of sp³-hybridized carbons (Fsp3) is 0.588. The lowest BCUT2D eigenvalue weighted by atomic mass is 9.83. The minimum absolute atomic E-state index is 0.205. The zero-order valence-corrected chi connectivity index (χ0v) is 27.0. The average molecular weight is 620 g/mol. The number of phenolic OH excluding ortho intramolecular Hbond substituents is 1. The van der Waals surface area contributed by atoms with Gasteiger partial charge in [-0.3, -0.25) is 15.5 Å². The number of piperidine rings is 2. The van der Waals surface area contributed by atoms with Crippen molar-refractivity contribution < 1.29 is 19.4 Å². The summed E-state index contributed by atoms with van der Waals surface area (Å²) in [5.74, 6) is 1.28. The van der Waals surface area contributed by atoms with Crippen LogP contribution in [-0.4, -0.2) is 80.8 Å². The van der Waals surface area contributed by atoms with Gasteiger partial charge in [-0.1, -0.05) is 12.1 Å². The predicted octanol–water partition coefficient (Wildman–Crippen LogP) is 4.59. The first-order chi connectivity index (χ1) is 21.5. The van der Waals surface area contributed by atoms with Gasteiger partial charge >= 0.3 is 6.09 Å². The molecule has 6 rings (SSSR count). The quantitative estimate of drug-likeness (QED) is 0.352. The Hall–Kier alpha value is -3.70. The van der Waals surface area contributed by atoms with Crippen LogP contribution in [0.15, 0.2) is 48.6 Å². The Morgan fingerprint density at radius 2 is 1.76 bits per heavy atom. The number of likely N-dealkylation sites (tertiary alicyclic amines) is 2. The van der Waals surface area contributed by atoms with E-state index in [2.05, 4.69) is 33.6 Å². The zero-order chi connectivity index (χ0) is 31.7. The van der Waals surface area contributed by atoms with Gasteiger partial charge in [0.1, 0.15) is 17.2 Å². The highest BCUT2D eigenvalue weighted by molar-refractivity contribution is 5.86. The number of aromatic nitrogens is 2. The van der Waals surface area contributed by atoms with Crippen LogP contribution in [-0.2, 0) is 9.47 Å². The summed E-state index contributed by atoms with van der Waals surface area (Å²) >= 11 is 0. The minimum atomic E-state index is -0.462. The van der Waals surface area contributed by atoms with Gasteiger partial charge in [-0.15, -0.1) is 0 Å². The van der Waals surface area contributed by atoms with Gasteiger partial charge in [0.25, 0.3) is 0 Å². The average Bonchev–Trinajstić information content (AvgIpc) is 3.49. The highest BCUT2D eigenvalue weighted by Gasteiger charge is 2.39. The Bertz CT molecular complexity index is 1410. The molecule has 0 radical (unpaired) electrons. The molecule has 1 aromatic carbocycles. The maximum atomic E-state index is 12.4. The molecule has 1 saturated carbocycles. The van der Waals surface area contributed by atoms with Crippen LogP contribution in [0, 0.1) is 5.92 Å². The number of benzene rings is 1. The van der Waals surface area contributed by atoms with Gasteiger partial charge in [0.15, 0.2) is 0 Å². The molecule has 4 aliphatic rings. The molecule has 244 valence electrons. The molecule has 11 heteroatoms. The number of allylic oxidation sites excluding steroid dienone is 2. The molecule has 1 atom stereocenters. The van der Waals surface area contributed by atoms with Crippen LogP contribution in [0.3, 0.4) is 0 Å². The number of hydrogen-bond donors (Lipinski definition) is 4. The Balaban J connectivity index is 0.947. The first-order valence-electron chi connectivity index (χ1n) is 16.5. The van der Waals surface area contributed by atoms with Gasteiger partial charge < -0.3 is 30.1 Å². The van der Waals surface area contributed by atoms with Gasteiger partial charge in [-0.05, 0) is 103 Å². The van der Waals surface area contributed by atoms with E-state index in [1.54, 1.807) is 12.1 Å². The van der Waals surface area contributed by atoms with E-state index < -0.39 is 5.60 Å². The van der Waals surface area contributed by atoms with E-state index in [9.17, 15) is 9.90 Å². The Kier molecular flexibility index (Phi) is 9.01. The van der Waals surface area contributed by atoms with Crippen molar-refractivity contribution in [3.63, 3.8) is 0 Å². The lowest BCUT2D eigenvalue weighted by Crippen LogP contribution is -2.52. The molecular weight excluding hydrogens is 570 g/mol. The number of para-hydroxylation sites is 1. The monoisotopic (exact) mass is 619 g/mol. The molecule has 1 aliphatic carbocycles. The van der Waals surface area contributed by atoms with E-state index >= 15 is 0 Å². The maximum Gasteiger partial charge on any atom is 0.410 e. The third kappa shape index (κ3) is 7.25. The Morgan fingerprint density at radius 3 is 2.44 bits per heavy atom. The van der Waals surface area contributed by atoms with Gasteiger partial charge in [-0.2, -0.15) is 5.10 Å². The standard InChI is InChI=1S/C34H49N7O4/c1-22(41-21-24(20-36-41)29-19-30(37-38-32(29)35)28-7-5-6-8-31(28)42)23-9-13-39(14-10-23)25-17-27(18-25)44-26-11-15-40(16-12-26)33(43)45-34(2,3)4/h5-8,19-23,25-27,37-38,42H,9-18,35H2,1-4H3/t22-,25?,27?/m1/s1. The number of carbonyl (C=O) groups excluding carboxylic acids is 1. The second-order valence-corrected chi connectivity index (χ2v) is 14.0. The van der Waals surface area contributed by atoms with Crippen molar-refractivity contribution in [3.8, 4) is 5.75 Å². The van der Waals surface area contributed by atoms with Gasteiger partial charge in [0, 0.05) is 42.0 Å². The summed E-state index contributed by atoms with van der Waals surface area (Å²) < 4.78 is 14.0. The van der Waals surface area contributed by atoms with Crippen molar-refractivity contribution in [2.75, 3.05) is 26.2 Å². The smallest absolute Gasteiger partial charge is 0.410 e. The minimum Gasteiger partial charge on any atom is -0.507 e. The van der Waals surface area contributed by atoms with Crippen molar-refractivity contribution >= 4 is 17.4 Å². The van der Waals surface area contributed by atoms with Crippen molar-refractivity contribution in [3.05, 3.63) is 59.7 Å². The fourth-order valence-corrected chi connectivity index (χ4v) is 6.95. The number of hydrazine groups is 1. The lowest BCUT2D eigenvalue weighted by molar-refractivity contribution is -0.107. The van der Waals surface area contributed by atoms with Gasteiger partial charge in [0.05, 0.1) is 30.1 Å². The highest BCUT2D eigenvalue weighted by atomic mass is 16.6. The zero-order valence-electron chi connectivity index (χ0n) is 27.0. The third-order valence-electron chi connectivity index (χ3n) is 9.76. The van der Waals surface area contributed by atoms with E-state index in [1.807, 2.05) is 50.1 Å². The molecule has 1 aromatic heterocycles. The molecular formula is C34H49N7O4. The number of ether oxygens (including phenoxy) is 2. The Labute approximate surface area is 266 Å². The number of hydrogen-bond acceptors (Lipinski definition) is 9. The van der Waals surface area contributed by atoms with Crippen molar-refractivity contribution in [1.82, 2.24) is 30.4 Å². The molecule has 3 fully saturated rings. The molecule has 0 unspecified atom stereocenters. The second-order valence-electron chi connectivity index (χ2n) is 14.0. The maximum absolute atomic E-state index is 12.4. The first-order valence-corrected chi connectivity index (χ1v) is 16.5. The summed E-state index contributed by atoms with van der Waals surface area (Å²) in [5.41, 5.74) is 15.2. The molecule has 0 bridgehead atoms. The number of amides is 1. The lowest BCUT2D eigenvalue weighted by Gasteiger charge is -2.47. The first kappa shape index (κ1) is 31.3. The van der Waals surface area contributed by atoms with E-state index in [0.717, 1.165) is 68.4 Å². The van der Waals surface area contributed by atoms with Crippen LogP contribution >= 0.6 is 0 Å². The van der Waals surface area contributed by atoms with Crippen molar-refractivity contribution in [1.29, 1.82) is 0 Å². The molecule has 3 aliphatic heterocycles. The van der Waals surface area contributed by atoms with Gasteiger partial charge in [0.2, 0.25) is 0 Å². The van der Waals surface area contributed by atoms with Crippen LogP contribution in [0.2, 0.25) is 0 Å². The second kappa shape index (κ2) is 13.0. The van der Waals surface area contributed by atoms with Crippen LogP contribution in [0.1, 0.15) is 83.4 Å². The number of aromatic hydroxyl groups is 1. The molecule has 45 heavy (non-hydrogen) atoms. The number of phenols is 1. The van der Waals surface area contributed by atoms with Crippen LogP contribution in [0.4, 0.5) is 4.79 Å². The summed E-state index contributed by atoms with van der Waals surface area (Å²) in [6, 6.07) is 8.11. The summed E-state index contributed by atoms with van der Waals surface area (Å²) in [6.45, 7) is 11.6. The summed E-state index contributed by atoms with van der Waals surface area (Å²) in [7, 11) is 0. The summed E-state index contributed by atoms with van der Waals surface area (Å²) in [6.07, 6.45) is 12.5. The van der Waals surface area contributed by atoms with Crippen LogP contribution in [0.5, 0.6) is 5.75 Å². The number of nitrogens with zero attached hydrogens (tertiary/aromatic N) is 4. The van der Waals surface area contributed by atoms with E-state index in [1.165, 1.54) is 0 Å².